The van der Waals surface area contributed by atoms with Crippen molar-refractivity contribution >= 4 is 16.9 Å². The van der Waals surface area contributed by atoms with Crippen LogP contribution in [0.1, 0.15) is 25.8 Å². The number of rotatable bonds is 5. The normalized spacial score (nSPS) is 12.6. The monoisotopic (exact) mass is 247 g/mol. The van der Waals surface area contributed by atoms with Crippen LogP contribution in [0.15, 0.2) is 30.5 Å². The zero-order valence-electron chi connectivity index (χ0n) is 10.6. The van der Waals surface area contributed by atoms with Crippen LogP contribution in [0.25, 0.3) is 10.9 Å². The highest BCUT2D eigenvalue weighted by molar-refractivity contribution is 5.84. The molecule has 4 heteroatoms. The molecule has 18 heavy (non-hydrogen) atoms. The summed E-state index contributed by atoms with van der Waals surface area (Å²) in [4.78, 5) is 11.3. The molecule has 0 aliphatic rings. The van der Waals surface area contributed by atoms with Crippen molar-refractivity contribution in [3.8, 4) is 5.75 Å². The number of benzene rings is 1. The van der Waals surface area contributed by atoms with Gasteiger partial charge in [0.25, 0.3) is 0 Å². The van der Waals surface area contributed by atoms with Gasteiger partial charge in [-0.1, -0.05) is 13.3 Å². The summed E-state index contributed by atoms with van der Waals surface area (Å²) >= 11 is 0. The first-order valence-corrected chi connectivity index (χ1v) is 6.04. The predicted octanol–water partition coefficient (Wildman–Crippen LogP) is 3.08. The molecular weight excluding hydrogens is 230 g/mol. The van der Waals surface area contributed by atoms with Gasteiger partial charge in [0.05, 0.1) is 7.11 Å². The summed E-state index contributed by atoms with van der Waals surface area (Å²) in [7, 11) is 1.62. The molecule has 4 nitrogen and oxygen atoms in total. The summed E-state index contributed by atoms with van der Waals surface area (Å²) in [5.74, 6) is -0.00668. The lowest BCUT2D eigenvalue weighted by atomic mass is 10.1. The summed E-state index contributed by atoms with van der Waals surface area (Å²) in [6.07, 6.45) is 3.30. The average molecular weight is 247 g/mol. The topological polar surface area (TPSA) is 51.5 Å². The molecule has 0 aliphatic heterocycles. The Balaban J connectivity index is 2.47. The average Bonchev–Trinajstić information content (AvgIpc) is 2.78. The summed E-state index contributed by atoms with van der Waals surface area (Å²) < 4.78 is 6.98. The third kappa shape index (κ3) is 2.18. The predicted molar refractivity (Wildman–Crippen MR) is 70.1 cm³/mol. The largest absolute Gasteiger partial charge is 0.497 e. The highest BCUT2D eigenvalue weighted by atomic mass is 16.5. The minimum absolute atomic E-state index is 0.499. The van der Waals surface area contributed by atoms with E-state index in [4.69, 9.17) is 4.74 Å². The van der Waals surface area contributed by atoms with Crippen LogP contribution in [-0.2, 0) is 4.79 Å². The molecular formula is C14H17NO3. The fourth-order valence-electron chi connectivity index (χ4n) is 2.20. The van der Waals surface area contributed by atoms with E-state index in [1.165, 1.54) is 0 Å². The van der Waals surface area contributed by atoms with E-state index in [0.717, 1.165) is 23.1 Å². The van der Waals surface area contributed by atoms with E-state index >= 15 is 0 Å². The quantitative estimate of drug-likeness (QED) is 0.883. The van der Waals surface area contributed by atoms with E-state index in [9.17, 15) is 9.90 Å². The van der Waals surface area contributed by atoms with E-state index in [1.807, 2.05) is 42.0 Å². The van der Waals surface area contributed by atoms with E-state index in [0.29, 0.717) is 6.42 Å². The van der Waals surface area contributed by atoms with Gasteiger partial charge in [0.15, 0.2) is 0 Å². The van der Waals surface area contributed by atoms with Gasteiger partial charge in [-0.2, -0.15) is 0 Å². The van der Waals surface area contributed by atoms with Crippen LogP contribution in [-0.4, -0.2) is 22.8 Å². The second-order valence-electron chi connectivity index (χ2n) is 4.29. The zero-order chi connectivity index (χ0) is 13.1. The molecule has 1 N–H and O–H groups in total. The molecule has 1 aromatic carbocycles. The standard InChI is InChI=1S/C14H17NO3/c1-3-4-13(14(16)17)15-8-7-10-9-11(18-2)5-6-12(10)15/h5-9,13H,3-4H2,1-2H3,(H,16,17). The lowest BCUT2D eigenvalue weighted by Crippen LogP contribution is -2.17. The van der Waals surface area contributed by atoms with E-state index in [1.54, 1.807) is 7.11 Å². The maximum absolute atomic E-state index is 11.3. The Bertz CT molecular complexity index is 559. The first kappa shape index (κ1) is 12.5. The number of carboxylic acid groups (broad SMARTS) is 1. The highest BCUT2D eigenvalue weighted by Gasteiger charge is 2.19. The van der Waals surface area contributed by atoms with Crippen LogP contribution in [0.4, 0.5) is 0 Å². The number of aromatic nitrogens is 1. The second kappa shape index (κ2) is 5.12. The molecule has 1 atom stereocenters. The molecule has 0 saturated heterocycles. The Kier molecular flexibility index (Phi) is 3.55. The number of carboxylic acids is 1. The molecule has 2 rings (SSSR count). The molecule has 0 radical (unpaired) electrons. The number of aliphatic carboxylic acids is 1. The van der Waals surface area contributed by atoms with Crippen LogP contribution < -0.4 is 4.74 Å². The number of fused-ring (bicyclic) bond motifs is 1. The van der Waals surface area contributed by atoms with E-state index in [-0.39, 0.29) is 0 Å². The summed E-state index contributed by atoms with van der Waals surface area (Å²) in [6, 6.07) is 7.09. The number of carbonyl (C=O) groups is 1. The first-order chi connectivity index (χ1) is 8.67. The second-order valence-corrected chi connectivity index (χ2v) is 4.29. The molecule has 0 bridgehead atoms. The van der Waals surface area contributed by atoms with E-state index in [2.05, 4.69) is 0 Å². The Labute approximate surface area is 106 Å². The lowest BCUT2D eigenvalue weighted by molar-refractivity contribution is -0.141. The summed E-state index contributed by atoms with van der Waals surface area (Å²) in [5, 5.41) is 10.3. The van der Waals surface area contributed by atoms with Gasteiger partial charge < -0.3 is 14.4 Å². The zero-order valence-corrected chi connectivity index (χ0v) is 10.6. The maximum Gasteiger partial charge on any atom is 0.326 e. The fraction of sp³-hybridized carbons (Fsp3) is 0.357. The van der Waals surface area contributed by atoms with Crippen molar-refractivity contribution < 1.29 is 14.6 Å². The van der Waals surface area contributed by atoms with Crippen LogP contribution in [0.2, 0.25) is 0 Å². The van der Waals surface area contributed by atoms with Crippen LogP contribution in [0.5, 0.6) is 5.75 Å². The number of methoxy groups -OCH3 is 1. The van der Waals surface area contributed by atoms with Gasteiger partial charge in [-0.15, -0.1) is 0 Å². The van der Waals surface area contributed by atoms with Crippen molar-refractivity contribution in [1.29, 1.82) is 0 Å². The number of hydrogen-bond donors (Lipinski definition) is 1. The van der Waals surface area contributed by atoms with Crippen molar-refractivity contribution in [2.45, 2.75) is 25.8 Å². The minimum Gasteiger partial charge on any atom is -0.497 e. The number of nitrogens with zero attached hydrogens (tertiary/aromatic N) is 1. The van der Waals surface area contributed by atoms with Crippen LogP contribution in [0.3, 0.4) is 0 Å². The van der Waals surface area contributed by atoms with Gasteiger partial charge >= 0.3 is 5.97 Å². The Morgan fingerprint density at radius 1 is 1.44 bits per heavy atom. The molecule has 1 heterocycles. The maximum atomic E-state index is 11.3. The summed E-state index contributed by atoms with van der Waals surface area (Å²) in [6.45, 7) is 1.99. The van der Waals surface area contributed by atoms with Crippen molar-refractivity contribution in [3.63, 3.8) is 0 Å². The third-order valence-corrected chi connectivity index (χ3v) is 3.11. The molecule has 2 aromatic rings. The Hall–Kier alpha value is -1.97. The Morgan fingerprint density at radius 2 is 2.22 bits per heavy atom. The van der Waals surface area contributed by atoms with E-state index < -0.39 is 12.0 Å². The third-order valence-electron chi connectivity index (χ3n) is 3.11. The first-order valence-electron chi connectivity index (χ1n) is 6.04. The molecule has 0 saturated carbocycles. The molecule has 96 valence electrons. The highest BCUT2D eigenvalue weighted by Crippen LogP contribution is 2.26. The number of ether oxygens (including phenoxy) is 1. The summed E-state index contributed by atoms with van der Waals surface area (Å²) in [5.41, 5.74) is 0.927. The van der Waals surface area contributed by atoms with Crippen molar-refractivity contribution in [2.75, 3.05) is 7.11 Å². The number of hydrogen-bond acceptors (Lipinski definition) is 2. The molecule has 0 spiro atoms. The van der Waals surface area contributed by atoms with Crippen molar-refractivity contribution in [2.24, 2.45) is 0 Å². The van der Waals surface area contributed by atoms with Crippen LogP contribution in [0, 0.1) is 0 Å². The SMILES string of the molecule is CCCC(C(=O)O)n1ccc2cc(OC)ccc21. The van der Waals surface area contributed by atoms with Gasteiger partial charge in [-0.3, -0.25) is 0 Å². The van der Waals surface area contributed by atoms with Gasteiger partial charge in [0.1, 0.15) is 11.8 Å². The molecule has 0 fully saturated rings. The molecule has 0 amide bonds. The van der Waals surface area contributed by atoms with Gasteiger partial charge in [-0.25, -0.2) is 4.79 Å². The lowest BCUT2D eigenvalue weighted by Gasteiger charge is -2.15. The Morgan fingerprint density at radius 3 is 2.83 bits per heavy atom. The van der Waals surface area contributed by atoms with Gasteiger partial charge in [0, 0.05) is 17.1 Å². The van der Waals surface area contributed by atoms with Crippen molar-refractivity contribution in [1.82, 2.24) is 4.57 Å². The van der Waals surface area contributed by atoms with Crippen LogP contribution >= 0.6 is 0 Å². The molecule has 0 aliphatic carbocycles. The fourth-order valence-corrected chi connectivity index (χ4v) is 2.20. The smallest absolute Gasteiger partial charge is 0.326 e. The van der Waals surface area contributed by atoms with Gasteiger partial charge in [-0.05, 0) is 30.7 Å². The molecule has 1 aromatic heterocycles. The molecule has 1 unspecified atom stereocenters. The van der Waals surface area contributed by atoms with Crippen molar-refractivity contribution in [3.05, 3.63) is 30.5 Å². The van der Waals surface area contributed by atoms with Gasteiger partial charge in [0.2, 0.25) is 0 Å². The minimum atomic E-state index is -0.787.